The van der Waals surface area contributed by atoms with E-state index in [4.69, 9.17) is 5.11 Å². The fourth-order valence-electron chi connectivity index (χ4n) is 1.30. The molecular formula is C10H8N2O4. The molecule has 0 amide bonds. The Labute approximate surface area is 89.5 Å². The number of H-pyrrole nitrogens is 1. The van der Waals surface area contributed by atoms with E-state index in [-0.39, 0.29) is 5.56 Å². The minimum atomic E-state index is -0.971. The average Bonchev–Trinajstić information content (AvgIpc) is 2.65. The lowest BCUT2D eigenvalue weighted by Gasteiger charge is -1.98. The van der Waals surface area contributed by atoms with E-state index in [1.807, 2.05) is 0 Å². The van der Waals surface area contributed by atoms with E-state index in [9.17, 15) is 9.59 Å². The predicted molar refractivity (Wildman–Crippen MR) is 53.3 cm³/mol. The first-order valence-electron chi connectivity index (χ1n) is 4.52. The molecular weight excluding hydrogens is 212 g/mol. The number of aromatic carboxylic acids is 1. The first kappa shape index (κ1) is 10.2. The Morgan fingerprint density at radius 1 is 1.38 bits per heavy atom. The Morgan fingerprint density at radius 2 is 2.06 bits per heavy atom. The first-order chi connectivity index (χ1) is 7.65. The molecule has 0 aliphatic heterocycles. The second kappa shape index (κ2) is 4.01. The molecule has 0 aliphatic rings. The minimum absolute atomic E-state index is 0.220. The average molecular weight is 220 g/mol. The van der Waals surface area contributed by atoms with Crippen LogP contribution < -0.4 is 5.76 Å². The number of rotatable bonds is 3. The van der Waals surface area contributed by atoms with Crippen molar-refractivity contribution in [3.63, 3.8) is 0 Å². The summed E-state index contributed by atoms with van der Waals surface area (Å²) in [6.45, 7) is 0. The van der Waals surface area contributed by atoms with Crippen LogP contribution in [0.25, 0.3) is 0 Å². The zero-order valence-corrected chi connectivity index (χ0v) is 8.14. The van der Waals surface area contributed by atoms with Gasteiger partial charge in [0, 0.05) is 6.42 Å². The summed E-state index contributed by atoms with van der Waals surface area (Å²) < 4.78 is 4.34. The molecule has 2 aromatic rings. The maximum atomic E-state index is 10.7. The van der Waals surface area contributed by atoms with Gasteiger partial charge in [-0.1, -0.05) is 17.3 Å². The standard InChI is InChI=1S/C10H8N2O4/c13-9(14)7-3-1-6(2-4-7)5-8-11-10(15)16-12-8/h1-4H,5H2,(H,13,14)(H,11,12,15). The van der Waals surface area contributed by atoms with E-state index in [0.29, 0.717) is 12.2 Å². The third kappa shape index (κ3) is 2.17. The van der Waals surface area contributed by atoms with Crippen molar-refractivity contribution in [2.45, 2.75) is 6.42 Å². The number of carboxylic acid groups (broad SMARTS) is 1. The van der Waals surface area contributed by atoms with Gasteiger partial charge in [-0.25, -0.2) is 9.59 Å². The normalized spacial score (nSPS) is 10.2. The quantitative estimate of drug-likeness (QED) is 0.791. The lowest BCUT2D eigenvalue weighted by atomic mass is 10.1. The second-order valence-corrected chi connectivity index (χ2v) is 3.22. The molecule has 6 heteroatoms. The van der Waals surface area contributed by atoms with Gasteiger partial charge in [0.1, 0.15) is 0 Å². The van der Waals surface area contributed by atoms with Crippen LogP contribution in [0, 0.1) is 0 Å². The molecule has 2 rings (SSSR count). The maximum Gasteiger partial charge on any atom is 0.438 e. The Morgan fingerprint density at radius 3 is 2.56 bits per heavy atom. The number of hydrogen-bond acceptors (Lipinski definition) is 4. The highest BCUT2D eigenvalue weighted by Gasteiger charge is 2.04. The van der Waals surface area contributed by atoms with Crippen LogP contribution in [0.1, 0.15) is 21.7 Å². The Kier molecular flexibility index (Phi) is 2.55. The molecule has 82 valence electrons. The molecule has 0 atom stereocenters. The summed E-state index contributed by atoms with van der Waals surface area (Å²) in [5.41, 5.74) is 1.06. The number of nitrogens with one attached hydrogen (secondary N) is 1. The number of carbonyl (C=O) groups is 1. The number of benzene rings is 1. The summed E-state index contributed by atoms with van der Waals surface area (Å²) in [6, 6.07) is 6.32. The van der Waals surface area contributed by atoms with Crippen molar-refractivity contribution in [1.82, 2.24) is 10.1 Å². The molecule has 16 heavy (non-hydrogen) atoms. The highest BCUT2D eigenvalue weighted by Crippen LogP contribution is 2.07. The highest BCUT2D eigenvalue weighted by atomic mass is 16.5. The molecule has 0 spiro atoms. The molecule has 0 saturated carbocycles. The summed E-state index contributed by atoms with van der Waals surface area (Å²) in [6.07, 6.45) is 0.394. The molecule has 1 aromatic heterocycles. The molecule has 0 aliphatic carbocycles. The molecule has 0 unspecified atom stereocenters. The van der Waals surface area contributed by atoms with Gasteiger partial charge in [0.2, 0.25) is 0 Å². The molecule has 1 heterocycles. The second-order valence-electron chi connectivity index (χ2n) is 3.22. The van der Waals surface area contributed by atoms with Crippen molar-refractivity contribution in [1.29, 1.82) is 0 Å². The van der Waals surface area contributed by atoms with Crippen LogP contribution in [0.2, 0.25) is 0 Å². The van der Waals surface area contributed by atoms with Crippen LogP contribution in [0.3, 0.4) is 0 Å². The van der Waals surface area contributed by atoms with Crippen molar-refractivity contribution >= 4 is 5.97 Å². The van der Waals surface area contributed by atoms with Gasteiger partial charge in [0.25, 0.3) is 0 Å². The van der Waals surface area contributed by atoms with Gasteiger partial charge in [-0.2, -0.15) is 0 Å². The molecule has 0 radical (unpaired) electrons. The number of nitrogens with zero attached hydrogens (tertiary/aromatic N) is 1. The molecule has 1 aromatic carbocycles. The van der Waals surface area contributed by atoms with Crippen LogP contribution in [-0.4, -0.2) is 21.2 Å². The van der Waals surface area contributed by atoms with Gasteiger partial charge in [-0.05, 0) is 17.7 Å². The molecule has 2 N–H and O–H groups in total. The molecule has 6 nitrogen and oxygen atoms in total. The lowest BCUT2D eigenvalue weighted by Crippen LogP contribution is -1.99. The van der Waals surface area contributed by atoms with Crippen LogP contribution in [0.15, 0.2) is 33.6 Å². The Hall–Kier alpha value is -2.37. The summed E-state index contributed by atoms with van der Waals surface area (Å²) in [4.78, 5) is 23.7. The van der Waals surface area contributed by atoms with E-state index in [1.54, 1.807) is 12.1 Å². The number of aromatic amines is 1. The van der Waals surface area contributed by atoms with E-state index in [1.165, 1.54) is 12.1 Å². The fourth-order valence-corrected chi connectivity index (χ4v) is 1.30. The lowest BCUT2D eigenvalue weighted by molar-refractivity contribution is 0.0697. The van der Waals surface area contributed by atoms with Gasteiger partial charge in [-0.15, -0.1) is 0 Å². The summed E-state index contributed by atoms with van der Waals surface area (Å²) >= 11 is 0. The van der Waals surface area contributed by atoms with Crippen molar-refractivity contribution in [3.05, 3.63) is 51.8 Å². The largest absolute Gasteiger partial charge is 0.478 e. The van der Waals surface area contributed by atoms with Crippen molar-refractivity contribution in [3.8, 4) is 0 Å². The summed E-state index contributed by atoms with van der Waals surface area (Å²) in [5.74, 6) is -1.16. The van der Waals surface area contributed by atoms with Crippen molar-refractivity contribution in [2.24, 2.45) is 0 Å². The van der Waals surface area contributed by atoms with Gasteiger partial charge in [-0.3, -0.25) is 9.51 Å². The van der Waals surface area contributed by atoms with Crippen LogP contribution >= 0.6 is 0 Å². The zero-order chi connectivity index (χ0) is 11.5. The van der Waals surface area contributed by atoms with Gasteiger partial charge in [0.05, 0.1) is 5.56 Å². The number of aromatic nitrogens is 2. The molecule has 0 fully saturated rings. The van der Waals surface area contributed by atoms with Crippen LogP contribution in [0.5, 0.6) is 0 Å². The third-order valence-corrected chi connectivity index (χ3v) is 2.06. The monoisotopic (exact) mass is 220 g/mol. The van der Waals surface area contributed by atoms with Gasteiger partial charge in [0.15, 0.2) is 5.82 Å². The third-order valence-electron chi connectivity index (χ3n) is 2.06. The summed E-state index contributed by atoms with van der Waals surface area (Å²) in [5, 5.41) is 12.2. The highest BCUT2D eigenvalue weighted by molar-refractivity contribution is 5.87. The van der Waals surface area contributed by atoms with Crippen molar-refractivity contribution < 1.29 is 14.4 Å². The van der Waals surface area contributed by atoms with Crippen LogP contribution in [0.4, 0.5) is 0 Å². The smallest absolute Gasteiger partial charge is 0.438 e. The van der Waals surface area contributed by atoms with Gasteiger partial charge < -0.3 is 5.11 Å². The number of carboxylic acids is 1. The predicted octanol–water partition coefficient (Wildman–Crippen LogP) is 0.652. The van der Waals surface area contributed by atoms with E-state index < -0.39 is 11.7 Å². The molecule has 0 saturated heterocycles. The van der Waals surface area contributed by atoms with Crippen LogP contribution in [-0.2, 0) is 6.42 Å². The van der Waals surface area contributed by atoms with Crippen molar-refractivity contribution in [2.75, 3.05) is 0 Å². The van der Waals surface area contributed by atoms with E-state index in [2.05, 4.69) is 14.7 Å². The topological polar surface area (TPSA) is 96.2 Å². The number of hydrogen-bond donors (Lipinski definition) is 2. The molecule has 0 bridgehead atoms. The zero-order valence-electron chi connectivity index (χ0n) is 8.14. The van der Waals surface area contributed by atoms with Gasteiger partial charge >= 0.3 is 11.7 Å². The Balaban J connectivity index is 2.17. The maximum absolute atomic E-state index is 10.7. The van der Waals surface area contributed by atoms with E-state index in [0.717, 1.165) is 5.56 Å². The van der Waals surface area contributed by atoms with E-state index >= 15 is 0 Å². The Bertz CT molecular complexity index is 553. The summed E-state index contributed by atoms with van der Waals surface area (Å²) in [7, 11) is 0. The SMILES string of the molecule is O=C(O)c1ccc(Cc2noc(=O)[nH]2)cc1. The minimum Gasteiger partial charge on any atom is -0.478 e. The fraction of sp³-hybridized carbons (Fsp3) is 0.100. The first-order valence-corrected chi connectivity index (χ1v) is 4.52.